The smallest absolute Gasteiger partial charge is 0.338 e. The van der Waals surface area contributed by atoms with Crippen molar-refractivity contribution in [1.29, 1.82) is 0 Å². The normalized spacial score (nSPS) is 16.0. The molecule has 0 aromatic heterocycles. The lowest BCUT2D eigenvalue weighted by Gasteiger charge is -2.26. The maximum absolute atomic E-state index is 12.2. The van der Waals surface area contributed by atoms with Gasteiger partial charge in [0.15, 0.2) is 6.61 Å². The van der Waals surface area contributed by atoms with E-state index in [0.29, 0.717) is 0 Å². The monoisotopic (exact) mass is 416 g/mol. The van der Waals surface area contributed by atoms with Gasteiger partial charge >= 0.3 is 5.97 Å². The molecule has 0 saturated heterocycles. The van der Waals surface area contributed by atoms with Crippen LogP contribution in [0.3, 0.4) is 0 Å². The molecule has 29 heavy (non-hydrogen) atoms. The second-order valence-electron chi connectivity index (χ2n) is 6.81. The average molecular weight is 416 g/mol. The Labute approximate surface area is 170 Å². The zero-order chi connectivity index (χ0) is 20.9. The number of esters is 1. The highest BCUT2D eigenvalue weighted by molar-refractivity contribution is 7.89. The van der Waals surface area contributed by atoms with Gasteiger partial charge in [0, 0.05) is 6.54 Å². The second kappa shape index (κ2) is 9.19. The number of hydrogen-bond donors (Lipinski definition) is 2. The van der Waals surface area contributed by atoms with Gasteiger partial charge in [-0.15, -0.1) is 0 Å². The summed E-state index contributed by atoms with van der Waals surface area (Å²) in [4.78, 5) is 24.5. The molecule has 3 rings (SSSR count). The zero-order valence-corrected chi connectivity index (χ0v) is 17.0. The van der Waals surface area contributed by atoms with Crippen LogP contribution < -0.4 is 10.0 Å². The molecular weight excluding hydrogens is 392 g/mol. The number of fused-ring (bicyclic) bond motifs is 1. The maximum Gasteiger partial charge on any atom is 0.338 e. The Morgan fingerprint density at radius 2 is 1.83 bits per heavy atom. The fraction of sp³-hybridized carbons (Fsp3) is 0.333. The lowest BCUT2D eigenvalue weighted by Crippen LogP contribution is -2.34. The number of benzene rings is 2. The van der Waals surface area contributed by atoms with Crippen molar-refractivity contribution in [3.8, 4) is 0 Å². The fourth-order valence-corrected chi connectivity index (χ4v) is 4.44. The summed E-state index contributed by atoms with van der Waals surface area (Å²) in [5.41, 5.74) is 2.51. The minimum Gasteiger partial charge on any atom is -0.452 e. The molecule has 0 unspecified atom stereocenters. The highest BCUT2D eigenvalue weighted by atomic mass is 32.2. The SMILES string of the molecule is CCNS(=O)(=O)c1ccc(C(=O)OCC(=O)N[C@H]2CCCc3ccccc32)cc1. The summed E-state index contributed by atoms with van der Waals surface area (Å²) in [5.74, 6) is -1.05. The third-order valence-corrected chi connectivity index (χ3v) is 6.34. The van der Waals surface area contributed by atoms with Crippen LogP contribution in [-0.4, -0.2) is 33.4 Å². The van der Waals surface area contributed by atoms with E-state index in [4.69, 9.17) is 4.74 Å². The molecule has 1 aliphatic carbocycles. The van der Waals surface area contributed by atoms with E-state index in [2.05, 4.69) is 16.1 Å². The van der Waals surface area contributed by atoms with Gasteiger partial charge in [0.05, 0.1) is 16.5 Å². The topological polar surface area (TPSA) is 102 Å². The molecule has 1 aliphatic rings. The minimum atomic E-state index is -3.59. The molecule has 7 nitrogen and oxygen atoms in total. The van der Waals surface area contributed by atoms with Gasteiger partial charge in [-0.2, -0.15) is 0 Å². The molecule has 2 aromatic rings. The number of hydrogen-bond acceptors (Lipinski definition) is 5. The van der Waals surface area contributed by atoms with Crippen molar-refractivity contribution in [2.75, 3.05) is 13.2 Å². The van der Waals surface area contributed by atoms with Crippen molar-refractivity contribution in [3.05, 3.63) is 65.2 Å². The van der Waals surface area contributed by atoms with E-state index in [1.54, 1.807) is 6.92 Å². The molecule has 154 valence electrons. The zero-order valence-electron chi connectivity index (χ0n) is 16.2. The molecule has 0 aliphatic heterocycles. The maximum atomic E-state index is 12.2. The van der Waals surface area contributed by atoms with Gasteiger partial charge in [0.2, 0.25) is 10.0 Å². The van der Waals surface area contributed by atoms with Crippen LogP contribution in [0.5, 0.6) is 0 Å². The number of aryl methyl sites for hydroxylation is 1. The van der Waals surface area contributed by atoms with Gasteiger partial charge in [0.25, 0.3) is 5.91 Å². The van der Waals surface area contributed by atoms with Gasteiger partial charge in [0.1, 0.15) is 0 Å². The van der Waals surface area contributed by atoms with Gasteiger partial charge < -0.3 is 10.1 Å². The Hall–Kier alpha value is -2.71. The van der Waals surface area contributed by atoms with E-state index in [1.807, 2.05) is 18.2 Å². The summed E-state index contributed by atoms with van der Waals surface area (Å²) in [5, 5.41) is 2.92. The third kappa shape index (κ3) is 5.21. The lowest BCUT2D eigenvalue weighted by atomic mass is 9.88. The molecule has 0 heterocycles. The third-order valence-electron chi connectivity index (χ3n) is 4.77. The molecule has 1 amide bonds. The van der Waals surface area contributed by atoms with E-state index < -0.39 is 22.6 Å². The number of amides is 1. The first-order valence-corrected chi connectivity index (χ1v) is 11.0. The van der Waals surface area contributed by atoms with Gasteiger partial charge in [-0.25, -0.2) is 17.9 Å². The first kappa shape index (κ1) is 21.0. The molecule has 8 heteroatoms. The molecule has 0 spiro atoms. The van der Waals surface area contributed by atoms with Crippen molar-refractivity contribution >= 4 is 21.9 Å². The Kier molecular flexibility index (Phi) is 6.66. The van der Waals surface area contributed by atoms with Crippen LogP contribution in [0.1, 0.15) is 47.3 Å². The molecule has 1 atom stereocenters. The predicted octanol–water partition coefficient (Wildman–Crippen LogP) is 2.34. The largest absolute Gasteiger partial charge is 0.452 e. The van der Waals surface area contributed by atoms with E-state index >= 15 is 0 Å². The molecule has 0 radical (unpaired) electrons. The summed E-state index contributed by atoms with van der Waals surface area (Å²) in [7, 11) is -3.59. The van der Waals surface area contributed by atoms with Crippen molar-refractivity contribution in [3.63, 3.8) is 0 Å². The Balaban J connectivity index is 1.55. The Bertz CT molecular complexity index is 986. The Morgan fingerprint density at radius 1 is 1.10 bits per heavy atom. The van der Waals surface area contributed by atoms with Crippen molar-refractivity contribution in [1.82, 2.24) is 10.0 Å². The fourth-order valence-electron chi connectivity index (χ4n) is 3.40. The van der Waals surface area contributed by atoms with Crippen LogP contribution in [0.4, 0.5) is 0 Å². The number of sulfonamides is 1. The first-order chi connectivity index (χ1) is 13.9. The highest BCUT2D eigenvalue weighted by Crippen LogP contribution is 2.29. The minimum absolute atomic E-state index is 0.0598. The van der Waals surface area contributed by atoms with Crippen molar-refractivity contribution in [2.45, 2.75) is 37.1 Å². The van der Waals surface area contributed by atoms with Crippen molar-refractivity contribution < 1.29 is 22.7 Å². The number of carbonyl (C=O) groups excluding carboxylic acids is 2. The average Bonchev–Trinajstić information content (AvgIpc) is 2.72. The molecular formula is C21H24N2O5S. The summed E-state index contributed by atoms with van der Waals surface area (Å²) in [6, 6.07) is 13.3. The number of nitrogens with one attached hydrogen (secondary N) is 2. The van der Waals surface area contributed by atoms with Gasteiger partial charge in [-0.3, -0.25) is 4.79 Å². The first-order valence-electron chi connectivity index (χ1n) is 9.54. The van der Waals surface area contributed by atoms with Crippen LogP contribution in [-0.2, 0) is 26.0 Å². The van der Waals surface area contributed by atoms with E-state index in [0.717, 1.165) is 24.8 Å². The number of rotatable bonds is 7. The van der Waals surface area contributed by atoms with E-state index in [9.17, 15) is 18.0 Å². The van der Waals surface area contributed by atoms with Crippen molar-refractivity contribution in [2.24, 2.45) is 0 Å². The van der Waals surface area contributed by atoms with Crippen LogP contribution in [0.25, 0.3) is 0 Å². The predicted molar refractivity (Wildman–Crippen MR) is 108 cm³/mol. The summed E-state index contributed by atoms with van der Waals surface area (Å²) in [6.07, 6.45) is 2.83. The molecule has 0 fully saturated rings. The van der Waals surface area contributed by atoms with Crippen LogP contribution in [0.15, 0.2) is 53.4 Å². The molecule has 2 N–H and O–H groups in total. The van der Waals surface area contributed by atoms with Gasteiger partial charge in [-0.1, -0.05) is 31.2 Å². The Morgan fingerprint density at radius 3 is 2.55 bits per heavy atom. The summed E-state index contributed by atoms with van der Waals surface area (Å²) >= 11 is 0. The van der Waals surface area contributed by atoms with Crippen LogP contribution >= 0.6 is 0 Å². The molecule has 2 aromatic carbocycles. The van der Waals surface area contributed by atoms with Crippen LogP contribution in [0, 0.1) is 0 Å². The molecule has 0 bridgehead atoms. The number of carbonyl (C=O) groups is 2. The lowest BCUT2D eigenvalue weighted by molar-refractivity contribution is -0.125. The van der Waals surface area contributed by atoms with E-state index in [-0.39, 0.29) is 29.0 Å². The highest BCUT2D eigenvalue weighted by Gasteiger charge is 2.22. The summed E-state index contributed by atoms with van der Waals surface area (Å²) in [6.45, 7) is 1.56. The van der Waals surface area contributed by atoms with Crippen LogP contribution in [0.2, 0.25) is 0 Å². The molecule has 0 saturated carbocycles. The quantitative estimate of drug-likeness (QED) is 0.675. The second-order valence-corrected chi connectivity index (χ2v) is 8.58. The number of ether oxygens (including phenoxy) is 1. The standard InChI is InChI=1S/C21H24N2O5S/c1-2-22-29(26,27)17-12-10-16(11-13-17)21(25)28-14-20(24)23-19-9-5-7-15-6-3-4-8-18(15)19/h3-4,6,8,10-13,19,22H,2,5,7,9,14H2,1H3,(H,23,24)/t19-/m0/s1. The van der Waals surface area contributed by atoms with Gasteiger partial charge in [-0.05, 0) is 54.7 Å². The van der Waals surface area contributed by atoms with E-state index in [1.165, 1.54) is 29.8 Å². The summed E-state index contributed by atoms with van der Waals surface area (Å²) < 4.78 is 31.3.